The van der Waals surface area contributed by atoms with Gasteiger partial charge in [-0.15, -0.1) is 0 Å². The molecule has 11 aromatic rings. The van der Waals surface area contributed by atoms with Gasteiger partial charge < -0.3 is 13.7 Å². The molecule has 3 heteroatoms. The Morgan fingerprint density at radius 2 is 0.855 bits per heavy atom. The monoisotopic (exact) mass is 703 g/mol. The molecule has 0 unspecified atom stereocenters. The van der Waals surface area contributed by atoms with Crippen LogP contribution in [0.5, 0.6) is 0 Å². The summed E-state index contributed by atoms with van der Waals surface area (Å²) < 4.78 is 13.5. The fourth-order valence-electron chi connectivity index (χ4n) is 8.17. The van der Waals surface area contributed by atoms with Gasteiger partial charge in [0.15, 0.2) is 0 Å². The van der Waals surface area contributed by atoms with Gasteiger partial charge in [-0.3, -0.25) is 0 Å². The highest BCUT2D eigenvalue weighted by Crippen LogP contribution is 2.47. The van der Waals surface area contributed by atoms with E-state index in [1.807, 2.05) is 12.1 Å². The summed E-state index contributed by atoms with van der Waals surface area (Å²) in [5.41, 5.74) is 13.4. The maximum absolute atomic E-state index is 6.89. The second-order valence-corrected chi connectivity index (χ2v) is 14.1. The molecule has 0 atom stereocenters. The van der Waals surface area contributed by atoms with Gasteiger partial charge in [-0.25, -0.2) is 0 Å². The van der Waals surface area contributed by atoms with Crippen molar-refractivity contribution in [1.82, 2.24) is 0 Å². The Morgan fingerprint density at radius 3 is 1.60 bits per heavy atom. The first-order valence-electron chi connectivity index (χ1n) is 18.7. The lowest BCUT2D eigenvalue weighted by atomic mass is 9.95. The number of hydrogen-bond acceptors (Lipinski definition) is 3. The molecule has 2 heterocycles. The van der Waals surface area contributed by atoms with Crippen molar-refractivity contribution in [3.05, 3.63) is 200 Å². The van der Waals surface area contributed by atoms with Crippen LogP contribution in [-0.2, 0) is 0 Å². The average Bonchev–Trinajstić information content (AvgIpc) is 3.81. The van der Waals surface area contributed by atoms with Crippen molar-refractivity contribution < 1.29 is 8.83 Å². The van der Waals surface area contributed by atoms with Gasteiger partial charge in [0.25, 0.3) is 0 Å². The van der Waals surface area contributed by atoms with Gasteiger partial charge in [0, 0.05) is 44.2 Å². The first-order chi connectivity index (χ1) is 27.2. The number of furan rings is 2. The number of nitrogens with zero attached hydrogens (tertiary/aromatic N) is 1. The van der Waals surface area contributed by atoms with Crippen LogP contribution in [0.3, 0.4) is 0 Å². The van der Waals surface area contributed by atoms with E-state index in [1.165, 1.54) is 33.0 Å². The summed E-state index contributed by atoms with van der Waals surface area (Å²) in [6.07, 6.45) is 0. The van der Waals surface area contributed by atoms with E-state index in [1.54, 1.807) is 0 Å². The van der Waals surface area contributed by atoms with Crippen molar-refractivity contribution in [3.63, 3.8) is 0 Å². The Balaban J connectivity index is 1.12. The second-order valence-electron chi connectivity index (χ2n) is 14.1. The normalized spacial score (nSPS) is 11.6. The zero-order valence-electron chi connectivity index (χ0n) is 29.8. The SMILES string of the molecule is c1ccc(-c2ccc(-c3c4oc5ccc(N(c6ccc(-c7ccccc7)cc6)c6ccc7ccccc7c6)cc5c4cc4oc5ccccc5c34)cc2)cc1. The van der Waals surface area contributed by atoms with Crippen molar-refractivity contribution in [1.29, 1.82) is 0 Å². The Kier molecular flexibility index (Phi) is 7.17. The quantitative estimate of drug-likeness (QED) is 0.173. The first kappa shape index (κ1) is 31.2. The minimum Gasteiger partial charge on any atom is -0.456 e. The van der Waals surface area contributed by atoms with Crippen LogP contribution in [0.1, 0.15) is 0 Å². The molecular weight excluding hydrogens is 671 g/mol. The van der Waals surface area contributed by atoms with Gasteiger partial charge in [-0.05, 0) is 93.2 Å². The number of rotatable bonds is 6. The van der Waals surface area contributed by atoms with Gasteiger partial charge in [0.1, 0.15) is 22.3 Å². The number of para-hydroxylation sites is 1. The molecule has 0 spiro atoms. The molecule has 0 fully saturated rings. The Bertz CT molecular complexity index is 3180. The number of fused-ring (bicyclic) bond motifs is 7. The van der Waals surface area contributed by atoms with Crippen LogP contribution in [0.25, 0.3) is 88.0 Å². The largest absolute Gasteiger partial charge is 0.456 e. The third-order valence-electron chi connectivity index (χ3n) is 10.8. The van der Waals surface area contributed by atoms with Crippen LogP contribution in [0.15, 0.2) is 209 Å². The molecule has 0 bridgehead atoms. The molecule has 0 radical (unpaired) electrons. The van der Waals surface area contributed by atoms with E-state index in [0.29, 0.717) is 0 Å². The van der Waals surface area contributed by atoms with E-state index in [4.69, 9.17) is 8.83 Å². The van der Waals surface area contributed by atoms with Crippen LogP contribution < -0.4 is 4.90 Å². The zero-order valence-corrected chi connectivity index (χ0v) is 29.8. The van der Waals surface area contributed by atoms with E-state index in [-0.39, 0.29) is 0 Å². The molecule has 0 aliphatic carbocycles. The average molecular weight is 704 g/mol. The molecule has 9 aromatic carbocycles. The van der Waals surface area contributed by atoms with Crippen LogP contribution >= 0.6 is 0 Å². The molecule has 3 nitrogen and oxygen atoms in total. The molecule has 55 heavy (non-hydrogen) atoms. The Labute approximate surface area is 317 Å². The predicted octanol–water partition coefficient (Wildman–Crippen LogP) is 15.1. The molecule has 0 saturated carbocycles. The molecule has 0 amide bonds. The minimum atomic E-state index is 0.829. The highest BCUT2D eigenvalue weighted by atomic mass is 16.3. The summed E-state index contributed by atoms with van der Waals surface area (Å²) in [4.78, 5) is 2.34. The number of hydrogen-bond donors (Lipinski definition) is 0. The highest BCUT2D eigenvalue weighted by molar-refractivity contribution is 6.23. The molecule has 0 aliphatic rings. The van der Waals surface area contributed by atoms with Gasteiger partial charge in [0.05, 0.1) is 0 Å². The minimum absolute atomic E-state index is 0.829. The molecule has 0 aliphatic heterocycles. The summed E-state index contributed by atoms with van der Waals surface area (Å²) in [5.74, 6) is 0. The third-order valence-corrected chi connectivity index (χ3v) is 10.8. The van der Waals surface area contributed by atoms with Gasteiger partial charge >= 0.3 is 0 Å². The highest BCUT2D eigenvalue weighted by Gasteiger charge is 2.22. The van der Waals surface area contributed by atoms with Crippen molar-refractivity contribution in [2.45, 2.75) is 0 Å². The van der Waals surface area contributed by atoms with Gasteiger partial charge in [-0.1, -0.05) is 146 Å². The fourth-order valence-corrected chi connectivity index (χ4v) is 8.17. The zero-order chi connectivity index (χ0) is 36.3. The van der Waals surface area contributed by atoms with E-state index < -0.39 is 0 Å². The topological polar surface area (TPSA) is 29.5 Å². The second kappa shape index (κ2) is 12.6. The van der Waals surface area contributed by atoms with E-state index >= 15 is 0 Å². The lowest BCUT2D eigenvalue weighted by molar-refractivity contribution is 0.664. The van der Waals surface area contributed by atoms with Gasteiger partial charge in [0.2, 0.25) is 0 Å². The summed E-state index contributed by atoms with van der Waals surface area (Å²) in [6, 6.07) is 70.9. The van der Waals surface area contributed by atoms with E-state index in [9.17, 15) is 0 Å². The molecular formula is C52H33NO2. The lowest BCUT2D eigenvalue weighted by Crippen LogP contribution is -2.09. The number of benzene rings is 9. The van der Waals surface area contributed by atoms with Crippen molar-refractivity contribution in [2.75, 3.05) is 4.90 Å². The molecule has 0 N–H and O–H groups in total. The first-order valence-corrected chi connectivity index (χ1v) is 18.7. The molecule has 258 valence electrons. The van der Waals surface area contributed by atoms with E-state index in [2.05, 4.69) is 193 Å². The van der Waals surface area contributed by atoms with Crippen molar-refractivity contribution >= 4 is 71.7 Å². The lowest BCUT2D eigenvalue weighted by Gasteiger charge is -2.26. The van der Waals surface area contributed by atoms with Crippen molar-refractivity contribution in [3.8, 4) is 33.4 Å². The number of anilines is 3. The molecule has 2 aromatic heterocycles. The van der Waals surface area contributed by atoms with Crippen LogP contribution in [-0.4, -0.2) is 0 Å². The summed E-state index contributed by atoms with van der Waals surface area (Å²) in [6.45, 7) is 0. The summed E-state index contributed by atoms with van der Waals surface area (Å²) in [5, 5.41) is 6.58. The maximum atomic E-state index is 6.89. The van der Waals surface area contributed by atoms with Crippen LogP contribution in [0.4, 0.5) is 17.1 Å². The Hall–Kier alpha value is -7.36. The molecule has 11 rings (SSSR count). The third kappa shape index (κ3) is 5.28. The van der Waals surface area contributed by atoms with Crippen LogP contribution in [0.2, 0.25) is 0 Å². The maximum Gasteiger partial charge on any atom is 0.144 e. The summed E-state index contributed by atoms with van der Waals surface area (Å²) >= 11 is 0. The van der Waals surface area contributed by atoms with E-state index in [0.717, 1.165) is 72.1 Å². The Morgan fingerprint density at radius 1 is 0.309 bits per heavy atom. The van der Waals surface area contributed by atoms with Crippen LogP contribution in [0, 0.1) is 0 Å². The smallest absolute Gasteiger partial charge is 0.144 e. The standard InChI is InChI=1S/C52H33NO2/c1-3-11-34(12-4-1)37-19-21-39(22-20-37)50-51-44-17-9-10-18-47(44)54-49(51)33-46-45-32-43(29-30-48(45)55-52(46)50)53(42-28-25-36-15-7-8-16-40(36)31-42)41-26-23-38(24-27-41)35-13-5-2-6-14-35/h1-33H. The fraction of sp³-hybridized carbons (Fsp3) is 0. The predicted molar refractivity (Wildman–Crippen MR) is 229 cm³/mol. The van der Waals surface area contributed by atoms with Gasteiger partial charge in [-0.2, -0.15) is 0 Å². The summed E-state index contributed by atoms with van der Waals surface area (Å²) in [7, 11) is 0. The van der Waals surface area contributed by atoms with Crippen molar-refractivity contribution in [2.24, 2.45) is 0 Å². The molecule has 0 saturated heterocycles.